The molecule has 0 aromatic carbocycles. The first kappa shape index (κ1) is 11.3. The standard InChI is InChI=1S/C7H12F3NO/c8-7(9,10)5-3-1-2-4-6(11)12/h1-5H2,(H2,11,12). The fraction of sp³-hybridized carbons (Fsp3) is 0.857. The molecule has 5 heteroatoms. The second-order valence-corrected chi connectivity index (χ2v) is 2.64. The number of primary amides is 1. The summed E-state index contributed by atoms with van der Waals surface area (Å²) in [5.74, 6) is -0.456. The Morgan fingerprint density at radius 1 is 1.17 bits per heavy atom. The number of amides is 1. The average molecular weight is 183 g/mol. The van der Waals surface area contributed by atoms with E-state index in [1.807, 2.05) is 0 Å². The molecule has 2 nitrogen and oxygen atoms in total. The molecule has 0 aliphatic carbocycles. The van der Waals surface area contributed by atoms with Crippen molar-refractivity contribution in [2.75, 3.05) is 0 Å². The molecule has 0 unspecified atom stereocenters. The van der Waals surface area contributed by atoms with Crippen LogP contribution in [0.25, 0.3) is 0 Å². The zero-order valence-electron chi connectivity index (χ0n) is 6.66. The highest BCUT2D eigenvalue weighted by Crippen LogP contribution is 2.22. The number of carbonyl (C=O) groups excluding carboxylic acids is 1. The molecule has 0 saturated heterocycles. The number of carbonyl (C=O) groups is 1. The van der Waals surface area contributed by atoms with Crippen LogP contribution in [0.4, 0.5) is 13.2 Å². The van der Waals surface area contributed by atoms with Crippen molar-refractivity contribution in [2.24, 2.45) is 5.73 Å². The van der Waals surface area contributed by atoms with E-state index in [-0.39, 0.29) is 12.8 Å². The zero-order valence-corrected chi connectivity index (χ0v) is 6.66. The Morgan fingerprint density at radius 2 is 1.75 bits per heavy atom. The monoisotopic (exact) mass is 183 g/mol. The minimum Gasteiger partial charge on any atom is -0.370 e. The van der Waals surface area contributed by atoms with Gasteiger partial charge in [-0.3, -0.25) is 4.79 Å². The van der Waals surface area contributed by atoms with Crippen LogP contribution in [0, 0.1) is 0 Å². The normalized spacial score (nSPS) is 11.6. The summed E-state index contributed by atoms with van der Waals surface area (Å²) in [6.45, 7) is 0. The first-order valence-corrected chi connectivity index (χ1v) is 3.77. The van der Waals surface area contributed by atoms with E-state index in [0.717, 1.165) is 0 Å². The predicted molar refractivity (Wildman–Crippen MR) is 38.3 cm³/mol. The van der Waals surface area contributed by atoms with Crippen LogP contribution in [0.15, 0.2) is 0 Å². The summed E-state index contributed by atoms with van der Waals surface area (Å²) in [6, 6.07) is 0. The topological polar surface area (TPSA) is 43.1 Å². The van der Waals surface area contributed by atoms with Gasteiger partial charge in [0.25, 0.3) is 0 Å². The van der Waals surface area contributed by atoms with E-state index in [1.54, 1.807) is 0 Å². The Morgan fingerprint density at radius 3 is 2.17 bits per heavy atom. The Kier molecular flexibility index (Phi) is 4.70. The molecule has 0 aliphatic rings. The molecule has 2 N–H and O–H groups in total. The summed E-state index contributed by atoms with van der Waals surface area (Å²) in [5.41, 5.74) is 4.80. The molecule has 0 atom stereocenters. The molecule has 0 spiro atoms. The van der Waals surface area contributed by atoms with Crippen LogP contribution >= 0.6 is 0 Å². The van der Waals surface area contributed by atoms with Gasteiger partial charge in [-0.05, 0) is 12.8 Å². The van der Waals surface area contributed by atoms with Gasteiger partial charge < -0.3 is 5.73 Å². The van der Waals surface area contributed by atoms with Crippen LogP contribution in [-0.2, 0) is 4.79 Å². The minimum absolute atomic E-state index is 0.0801. The van der Waals surface area contributed by atoms with Crippen molar-refractivity contribution in [3.05, 3.63) is 0 Å². The van der Waals surface area contributed by atoms with E-state index in [2.05, 4.69) is 0 Å². The lowest BCUT2D eigenvalue weighted by atomic mass is 10.1. The maximum absolute atomic E-state index is 11.5. The highest BCUT2D eigenvalue weighted by atomic mass is 19.4. The van der Waals surface area contributed by atoms with Gasteiger partial charge >= 0.3 is 6.18 Å². The third-order valence-electron chi connectivity index (χ3n) is 1.38. The number of hydrogen-bond donors (Lipinski definition) is 1. The summed E-state index contributed by atoms with van der Waals surface area (Å²) in [5, 5.41) is 0. The first-order chi connectivity index (χ1) is 5.42. The van der Waals surface area contributed by atoms with Gasteiger partial charge in [-0.15, -0.1) is 0 Å². The lowest BCUT2D eigenvalue weighted by molar-refractivity contribution is -0.135. The highest BCUT2D eigenvalue weighted by molar-refractivity contribution is 5.73. The summed E-state index contributed by atoms with van der Waals surface area (Å²) < 4.78 is 34.6. The third kappa shape index (κ3) is 9.26. The van der Waals surface area contributed by atoms with Crippen LogP contribution in [0.3, 0.4) is 0 Å². The van der Waals surface area contributed by atoms with E-state index in [0.29, 0.717) is 12.8 Å². The Bertz CT molecular complexity index is 144. The molecule has 0 aliphatic heterocycles. The highest BCUT2D eigenvalue weighted by Gasteiger charge is 2.25. The first-order valence-electron chi connectivity index (χ1n) is 3.77. The molecular formula is C7H12F3NO. The fourth-order valence-corrected chi connectivity index (χ4v) is 0.801. The fourth-order valence-electron chi connectivity index (χ4n) is 0.801. The van der Waals surface area contributed by atoms with Gasteiger partial charge in [0, 0.05) is 12.8 Å². The lowest BCUT2D eigenvalue weighted by Crippen LogP contribution is -2.10. The predicted octanol–water partition coefficient (Wildman–Crippen LogP) is 1.98. The Labute approximate surface area is 68.9 Å². The van der Waals surface area contributed by atoms with Crippen molar-refractivity contribution < 1.29 is 18.0 Å². The van der Waals surface area contributed by atoms with E-state index in [9.17, 15) is 18.0 Å². The molecule has 1 amide bonds. The lowest BCUT2D eigenvalue weighted by Gasteiger charge is -2.04. The van der Waals surface area contributed by atoms with Crippen molar-refractivity contribution in [3.63, 3.8) is 0 Å². The Hall–Kier alpha value is -0.740. The SMILES string of the molecule is NC(=O)CCCCCC(F)(F)F. The van der Waals surface area contributed by atoms with Gasteiger partial charge in [-0.1, -0.05) is 6.42 Å². The van der Waals surface area contributed by atoms with Crippen molar-refractivity contribution >= 4 is 5.91 Å². The smallest absolute Gasteiger partial charge is 0.370 e. The van der Waals surface area contributed by atoms with Crippen molar-refractivity contribution in [1.29, 1.82) is 0 Å². The van der Waals surface area contributed by atoms with Crippen LogP contribution in [0.5, 0.6) is 0 Å². The summed E-state index contributed by atoms with van der Waals surface area (Å²) in [4.78, 5) is 10.2. The summed E-state index contributed by atoms with van der Waals surface area (Å²) >= 11 is 0. The van der Waals surface area contributed by atoms with Gasteiger partial charge in [-0.2, -0.15) is 13.2 Å². The van der Waals surface area contributed by atoms with Gasteiger partial charge in [-0.25, -0.2) is 0 Å². The molecule has 0 rings (SSSR count). The molecule has 0 fully saturated rings. The molecule has 72 valence electrons. The molecule has 0 radical (unpaired) electrons. The molecule has 0 heterocycles. The second-order valence-electron chi connectivity index (χ2n) is 2.64. The minimum atomic E-state index is -4.08. The van der Waals surface area contributed by atoms with Crippen LogP contribution < -0.4 is 5.73 Å². The maximum atomic E-state index is 11.5. The van der Waals surface area contributed by atoms with E-state index in [1.165, 1.54) is 0 Å². The van der Waals surface area contributed by atoms with Crippen LogP contribution in [0.2, 0.25) is 0 Å². The summed E-state index contributed by atoms with van der Waals surface area (Å²) in [7, 11) is 0. The van der Waals surface area contributed by atoms with E-state index in [4.69, 9.17) is 5.73 Å². The Balaban J connectivity index is 3.17. The molecule has 0 aromatic heterocycles. The molecule has 0 aromatic rings. The zero-order chi connectivity index (χ0) is 9.61. The van der Waals surface area contributed by atoms with E-state index >= 15 is 0 Å². The van der Waals surface area contributed by atoms with Crippen LogP contribution in [-0.4, -0.2) is 12.1 Å². The summed E-state index contributed by atoms with van der Waals surface area (Å²) in [6.07, 6.45) is -3.74. The second kappa shape index (κ2) is 5.00. The van der Waals surface area contributed by atoms with Crippen molar-refractivity contribution in [3.8, 4) is 0 Å². The molecule has 0 bridgehead atoms. The molecular weight excluding hydrogens is 171 g/mol. The van der Waals surface area contributed by atoms with E-state index < -0.39 is 18.5 Å². The molecule has 12 heavy (non-hydrogen) atoms. The van der Waals surface area contributed by atoms with Crippen molar-refractivity contribution in [2.45, 2.75) is 38.3 Å². The average Bonchev–Trinajstić information content (AvgIpc) is 1.83. The number of rotatable bonds is 5. The number of nitrogens with two attached hydrogens (primary N) is 1. The van der Waals surface area contributed by atoms with Gasteiger partial charge in [0.1, 0.15) is 0 Å². The van der Waals surface area contributed by atoms with Crippen molar-refractivity contribution in [1.82, 2.24) is 0 Å². The maximum Gasteiger partial charge on any atom is 0.389 e. The number of hydrogen-bond acceptors (Lipinski definition) is 1. The number of alkyl halides is 3. The third-order valence-corrected chi connectivity index (χ3v) is 1.38. The number of unbranched alkanes of at least 4 members (excludes halogenated alkanes) is 2. The van der Waals surface area contributed by atoms with Gasteiger partial charge in [0.2, 0.25) is 5.91 Å². The van der Waals surface area contributed by atoms with Gasteiger partial charge in [0.05, 0.1) is 0 Å². The molecule has 0 saturated carbocycles. The van der Waals surface area contributed by atoms with Crippen LogP contribution in [0.1, 0.15) is 32.1 Å². The number of halogens is 3. The quantitative estimate of drug-likeness (QED) is 0.650. The van der Waals surface area contributed by atoms with Gasteiger partial charge in [0.15, 0.2) is 0 Å². The largest absolute Gasteiger partial charge is 0.389 e.